The van der Waals surface area contributed by atoms with Gasteiger partial charge in [-0.25, -0.2) is 13.1 Å². The van der Waals surface area contributed by atoms with Crippen LogP contribution in [-0.4, -0.2) is 25.0 Å². The lowest BCUT2D eigenvalue weighted by atomic mass is 9.97. The fraction of sp³-hybridized carbons (Fsp3) is 0.250. The molecular weight excluding hydrogens is 332 g/mol. The molecule has 0 saturated heterocycles. The maximum atomic E-state index is 12.5. The maximum absolute atomic E-state index is 12.5. The number of hydrogen-bond acceptors (Lipinski definition) is 5. The standard InChI is InChI=1S/C16H18N2O5S/c1-12-8-9-14(18(20)21)10-15(12)24(22,23)17-11-16(2,19)13-6-4-3-5-7-13/h3-10,17,19H,11H2,1-2H3. The Morgan fingerprint density at radius 2 is 1.83 bits per heavy atom. The van der Waals surface area contributed by atoms with Crippen molar-refractivity contribution in [3.05, 3.63) is 69.8 Å². The van der Waals surface area contributed by atoms with Gasteiger partial charge in [-0.2, -0.15) is 0 Å². The Kier molecular flexibility index (Phi) is 5.02. The number of nitro benzene ring substituents is 1. The number of hydrogen-bond donors (Lipinski definition) is 2. The highest BCUT2D eigenvalue weighted by Crippen LogP contribution is 2.23. The molecule has 1 unspecified atom stereocenters. The van der Waals surface area contributed by atoms with Crippen LogP contribution in [0, 0.1) is 17.0 Å². The molecule has 2 aromatic carbocycles. The minimum atomic E-state index is -4.00. The molecule has 0 aliphatic rings. The number of aliphatic hydroxyl groups is 1. The van der Waals surface area contributed by atoms with E-state index in [4.69, 9.17) is 0 Å². The van der Waals surface area contributed by atoms with Crippen molar-refractivity contribution in [3.63, 3.8) is 0 Å². The van der Waals surface area contributed by atoms with Crippen LogP contribution in [0.15, 0.2) is 53.4 Å². The highest BCUT2D eigenvalue weighted by molar-refractivity contribution is 7.89. The SMILES string of the molecule is Cc1ccc([N+](=O)[O-])cc1S(=O)(=O)NCC(C)(O)c1ccccc1. The molecule has 0 aliphatic heterocycles. The van der Waals surface area contributed by atoms with E-state index in [-0.39, 0.29) is 17.1 Å². The normalized spacial score (nSPS) is 14.1. The first-order chi connectivity index (χ1) is 11.1. The van der Waals surface area contributed by atoms with E-state index in [0.29, 0.717) is 11.1 Å². The van der Waals surface area contributed by atoms with Crippen molar-refractivity contribution in [1.82, 2.24) is 4.72 Å². The maximum Gasteiger partial charge on any atom is 0.270 e. The number of benzene rings is 2. The molecule has 7 nitrogen and oxygen atoms in total. The molecule has 1 atom stereocenters. The van der Waals surface area contributed by atoms with Gasteiger partial charge in [0.2, 0.25) is 10.0 Å². The lowest BCUT2D eigenvalue weighted by Crippen LogP contribution is -2.38. The van der Waals surface area contributed by atoms with E-state index in [1.807, 2.05) is 0 Å². The van der Waals surface area contributed by atoms with Crippen molar-refractivity contribution in [3.8, 4) is 0 Å². The number of rotatable bonds is 6. The van der Waals surface area contributed by atoms with Gasteiger partial charge in [-0.3, -0.25) is 10.1 Å². The first-order valence-electron chi connectivity index (χ1n) is 7.16. The Morgan fingerprint density at radius 3 is 2.42 bits per heavy atom. The summed E-state index contributed by atoms with van der Waals surface area (Å²) in [6.45, 7) is 2.78. The van der Waals surface area contributed by atoms with Crippen molar-refractivity contribution in [2.24, 2.45) is 0 Å². The second-order valence-corrected chi connectivity index (χ2v) is 7.41. The zero-order chi connectivity index (χ0) is 18.0. The van der Waals surface area contributed by atoms with E-state index in [9.17, 15) is 23.6 Å². The summed E-state index contributed by atoms with van der Waals surface area (Å²) < 4.78 is 27.2. The zero-order valence-electron chi connectivity index (χ0n) is 13.3. The van der Waals surface area contributed by atoms with Gasteiger partial charge in [-0.15, -0.1) is 0 Å². The van der Waals surface area contributed by atoms with Gasteiger partial charge in [0, 0.05) is 18.7 Å². The lowest BCUT2D eigenvalue weighted by molar-refractivity contribution is -0.385. The van der Waals surface area contributed by atoms with Gasteiger partial charge in [-0.1, -0.05) is 36.4 Å². The summed E-state index contributed by atoms with van der Waals surface area (Å²) in [6, 6.07) is 12.3. The number of nitrogens with zero attached hydrogens (tertiary/aromatic N) is 1. The monoisotopic (exact) mass is 350 g/mol. The average molecular weight is 350 g/mol. The van der Waals surface area contributed by atoms with Gasteiger partial charge in [-0.05, 0) is 25.0 Å². The molecule has 0 aromatic heterocycles. The van der Waals surface area contributed by atoms with E-state index in [2.05, 4.69) is 4.72 Å². The van der Waals surface area contributed by atoms with Crippen molar-refractivity contribution in [1.29, 1.82) is 0 Å². The van der Waals surface area contributed by atoms with Gasteiger partial charge in [0.15, 0.2) is 0 Å². The molecule has 128 valence electrons. The average Bonchev–Trinajstić information content (AvgIpc) is 2.54. The van der Waals surface area contributed by atoms with Crippen LogP contribution < -0.4 is 4.72 Å². The van der Waals surface area contributed by atoms with Crippen LogP contribution in [0.25, 0.3) is 0 Å². The summed E-state index contributed by atoms with van der Waals surface area (Å²) in [4.78, 5) is 10.0. The third-order valence-electron chi connectivity index (χ3n) is 3.67. The Labute approximate surface area is 140 Å². The lowest BCUT2D eigenvalue weighted by Gasteiger charge is -2.24. The number of aryl methyl sites for hydroxylation is 1. The van der Waals surface area contributed by atoms with Crippen LogP contribution in [-0.2, 0) is 15.6 Å². The quantitative estimate of drug-likeness (QED) is 0.612. The van der Waals surface area contributed by atoms with Crippen LogP contribution in [0.4, 0.5) is 5.69 Å². The van der Waals surface area contributed by atoms with Crippen LogP contribution >= 0.6 is 0 Å². The number of nitrogens with one attached hydrogen (secondary N) is 1. The molecule has 8 heteroatoms. The van der Waals surface area contributed by atoms with E-state index >= 15 is 0 Å². The van der Waals surface area contributed by atoms with E-state index in [1.165, 1.54) is 19.1 Å². The second kappa shape index (κ2) is 6.68. The molecule has 0 aliphatic carbocycles. The highest BCUT2D eigenvalue weighted by atomic mass is 32.2. The molecule has 2 N–H and O–H groups in total. The molecule has 0 amide bonds. The molecule has 2 aromatic rings. The van der Waals surface area contributed by atoms with Crippen molar-refractivity contribution in [2.45, 2.75) is 24.3 Å². The molecule has 0 heterocycles. The van der Waals surface area contributed by atoms with Crippen LogP contribution in [0.2, 0.25) is 0 Å². The largest absolute Gasteiger partial charge is 0.384 e. The first kappa shape index (κ1) is 18.1. The third kappa shape index (κ3) is 3.97. The number of non-ortho nitro benzene ring substituents is 1. The van der Waals surface area contributed by atoms with E-state index in [0.717, 1.165) is 6.07 Å². The van der Waals surface area contributed by atoms with Gasteiger partial charge in [0.1, 0.15) is 5.60 Å². The summed E-state index contributed by atoms with van der Waals surface area (Å²) in [5.74, 6) is 0. The zero-order valence-corrected chi connectivity index (χ0v) is 14.1. The predicted molar refractivity (Wildman–Crippen MR) is 89.0 cm³/mol. The van der Waals surface area contributed by atoms with Crippen molar-refractivity contribution in [2.75, 3.05) is 6.54 Å². The summed E-state index contributed by atoms with van der Waals surface area (Å²) in [6.07, 6.45) is 0. The van der Waals surface area contributed by atoms with Gasteiger partial charge < -0.3 is 5.11 Å². The summed E-state index contributed by atoms with van der Waals surface area (Å²) in [5, 5.41) is 21.3. The Balaban J connectivity index is 2.26. The van der Waals surface area contributed by atoms with Gasteiger partial charge >= 0.3 is 0 Å². The molecule has 0 bridgehead atoms. The fourth-order valence-corrected chi connectivity index (χ4v) is 3.60. The van der Waals surface area contributed by atoms with Crippen molar-refractivity contribution >= 4 is 15.7 Å². The smallest absolute Gasteiger partial charge is 0.270 e. The minimum absolute atomic E-state index is 0.180. The van der Waals surface area contributed by atoms with Crippen LogP contribution in [0.1, 0.15) is 18.1 Å². The third-order valence-corrected chi connectivity index (χ3v) is 5.22. The number of nitro groups is 1. The predicted octanol–water partition coefficient (Wildman–Crippen LogP) is 2.09. The van der Waals surface area contributed by atoms with E-state index in [1.54, 1.807) is 37.3 Å². The Hall–Kier alpha value is -2.29. The second-order valence-electron chi connectivity index (χ2n) is 5.67. The molecule has 2 rings (SSSR count). The fourth-order valence-electron chi connectivity index (χ4n) is 2.20. The molecular formula is C16H18N2O5S. The number of sulfonamides is 1. The molecule has 0 fully saturated rings. The Morgan fingerprint density at radius 1 is 1.21 bits per heavy atom. The van der Waals surface area contributed by atoms with Crippen molar-refractivity contribution < 1.29 is 18.4 Å². The van der Waals surface area contributed by atoms with Crippen LogP contribution in [0.3, 0.4) is 0 Å². The summed E-state index contributed by atoms with van der Waals surface area (Å²) in [5.41, 5.74) is -0.783. The summed E-state index contributed by atoms with van der Waals surface area (Å²) in [7, 11) is -4.00. The van der Waals surface area contributed by atoms with Gasteiger partial charge in [0.25, 0.3) is 5.69 Å². The van der Waals surface area contributed by atoms with Gasteiger partial charge in [0.05, 0.1) is 9.82 Å². The van der Waals surface area contributed by atoms with Crippen LogP contribution in [0.5, 0.6) is 0 Å². The molecule has 0 radical (unpaired) electrons. The Bertz CT molecular complexity index is 848. The van der Waals surface area contributed by atoms with E-state index < -0.39 is 20.5 Å². The first-order valence-corrected chi connectivity index (χ1v) is 8.64. The highest BCUT2D eigenvalue weighted by Gasteiger charge is 2.27. The molecule has 0 spiro atoms. The minimum Gasteiger partial charge on any atom is -0.384 e. The molecule has 24 heavy (non-hydrogen) atoms. The summed E-state index contributed by atoms with van der Waals surface area (Å²) >= 11 is 0. The topological polar surface area (TPSA) is 110 Å². The molecule has 0 saturated carbocycles.